The maximum Gasteiger partial charge on any atom is 0.418 e. The van der Waals surface area contributed by atoms with Crippen LogP contribution in [0.15, 0.2) is 18.2 Å². The molecule has 4 N–H and O–H groups in total. The third-order valence-corrected chi connectivity index (χ3v) is 1.73. The Balaban J connectivity index is 3.32. The van der Waals surface area contributed by atoms with E-state index in [1.165, 1.54) is 0 Å². The van der Waals surface area contributed by atoms with Crippen molar-refractivity contribution in [3.63, 3.8) is 0 Å². The summed E-state index contributed by atoms with van der Waals surface area (Å²) in [4.78, 5) is 10.5. The van der Waals surface area contributed by atoms with E-state index in [-0.39, 0.29) is 5.69 Å². The zero-order valence-electron chi connectivity index (χ0n) is 7.30. The number of halogens is 3. The molecule has 0 saturated carbocycles. The first kappa shape index (κ1) is 11.3. The number of hydrogen-bond donors (Lipinski definition) is 3. The van der Waals surface area contributed by atoms with E-state index >= 15 is 0 Å². The lowest BCUT2D eigenvalue weighted by molar-refractivity contribution is -0.137. The molecule has 0 heterocycles. The van der Waals surface area contributed by atoms with Crippen molar-refractivity contribution in [1.82, 2.24) is 0 Å². The molecule has 0 radical (unpaired) electrons. The van der Waals surface area contributed by atoms with Crippen LogP contribution in [0.1, 0.15) is 15.9 Å². The Bertz CT molecular complexity index is 390. The molecule has 82 valence electrons. The van der Waals surface area contributed by atoms with Gasteiger partial charge in [-0.3, -0.25) is 5.84 Å². The summed E-state index contributed by atoms with van der Waals surface area (Å²) in [5.74, 6) is 3.45. The number of carboxylic acids is 1. The maximum atomic E-state index is 12.4. The topological polar surface area (TPSA) is 75.3 Å². The van der Waals surface area contributed by atoms with Crippen LogP contribution in [-0.2, 0) is 6.18 Å². The molecule has 0 unspecified atom stereocenters. The van der Waals surface area contributed by atoms with Gasteiger partial charge in [0.1, 0.15) is 0 Å². The van der Waals surface area contributed by atoms with Crippen LogP contribution in [0.2, 0.25) is 0 Å². The summed E-state index contributed by atoms with van der Waals surface area (Å²) in [6.45, 7) is 0. The molecule has 0 aliphatic rings. The third-order valence-electron chi connectivity index (χ3n) is 1.73. The number of nitrogen functional groups attached to an aromatic ring is 1. The van der Waals surface area contributed by atoms with E-state index in [2.05, 4.69) is 0 Å². The molecule has 0 spiro atoms. The molecule has 4 nitrogen and oxygen atoms in total. The number of nitrogens with one attached hydrogen (secondary N) is 1. The first-order valence-corrected chi connectivity index (χ1v) is 3.77. The molecule has 0 aliphatic heterocycles. The second kappa shape index (κ2) is 3.77. The van der Waals surface area contributed by atoms with E-state index < -0.39 is 23.3 Å². The lowest BCUT2D eigenvalue weighted by atomic mass is 10.1. The van der Waals surface area contributed by atoms with Gasteiger partial charge in [0.2, 0.25) is 0 Å². The molecule has 0 bridgehead atoms. The van der Waals surface area contributed by atoms with Gasteiger partial charge in [0, 0.05) is 0 Å². The average Bonchev–Trinajstić information content (AvgIpc) is 2.15. The van der Waals surface area contributed by atoms with E-state index in [1.54, 1.807) is 0 Å². The van der Waals surface area contributed by atoms with E-state index in [0.717, 1.165) is 12.1 Å². The summed E-state index contributed by atoms with van der Waals surface area (Å²) in [5.41, 5.74) is -0.0625. The summed E-state index contributed by atoms with van der Waals surface area (Å²) in [6.07, 6.45) is -4.65. The molecule has 15 heavy (non-hydrogen) atoms. The highest BCUT2D eigenvalue weighted by atomic mass is 19.4. The number of carboxylic acid groups (broad SMARTS) is 1. The Morgan fingerprint density at radius 2 is 2.00 bits per heavy atom. The predicted octanol–water partition coefficient (Wildman–Crippen LogP) is 1.69. The van der Waals surface area contributed by atoms with Crippen molar-refractivity contribution in [2.75, 3.05) is 5.43 Å². The molecule has 0 aromatic heterocycles. The maximum absolute atomic E-state index is 12.4. The molecule has 0 atom stereocenters. The molecule has 1 aromatic rings. The highest BCUT2D eigenvalue weighted by molar-refractivity contribution is 5.88. The molecule has 1 rings (SSSR count). The van der Waals surface area contributed by atoms with Gasteiger partial charge in [-0.2, -0.15) is 13.2 Å². The Labute approximate surface area is 82.5 Å². The van der Waals surface area contributed by atoms with Gasteiger partial charge in [0.05, 0.1) is 16.8 Å². The second-order valence-electron chi connectivity index (χ2n) is 2.71. The van der Waals surface area contributed by atoms with Crippen LogP contribution in [0, 0.1) is 0 Å². The summed E-state index contributed by atoms with van der Waals surface area (Å²) in [7, 11) is 0. The lowest BCUT2D eigenvalue weighted by Gasteiger charge is -2.12. The Morgan fingerprint density at radius 3 is 2.40 bits per heavy atom. The van der Waals surface area contributed by atoms with E-state index in [9.17, 15) is 18.0 Å². The fourth-order valence-corrected chi connectivity index (χ4v) is 1.04. The average molecular weight is 220 g/mol. The number of hydrogen-bond acceptors (Lipinski definition) is 3. The number of benzene rings is 1. The molecule has 0 amide bonds. The van der Waals surface area contributed by atoms with Crippen molar-refractivity contribution in [2.45, 2.75) is 6.18 Å². The van der Waals surface area contributed by atoms with Gasteiger partial charge >= 0.3 is 12.1 Å². The molecular formula is C8H7F3N2O2. The highest BCUT2D eigenvalue weighted by Gasteiger charge is 2.34. The fourth-order valence-electron chi connectivity index (χ4n) is 1.04. The van der Waals surface area contributed by atoms with Crippen LogP contribution in [-0.4, -0.2) is 11.1 Å². The zero-order valence-corrected chi connectivity index (χ0v) is 7.30. The monoisotopic (exact) mass is 220 g/mol. The molecule has 0 fully saturated rings. The van der Waals surface area contributed by atoms with Crippen LogP contribution >= 0.6 is 0 Å². The molecule has 1 aromatic carbocycles. The highest BCUT2D eigenvalue weighted by Crippen LogP contribution is 2.35. The van der Waals surface area contributed by atoms with Crippen LogP contribution in [0.3, 0.4) is 0 Å². The van der Waals surface area contributed by atoms with Crippen molar-refractivity contribution >= 4 is 11.7 Å². The number of nitrogens with two attached hydrogens (primary N) is 1. The van der Waals surface area contributed by atoms with Crippen molar-refractivity contribution < 1.29 is 23.1 Å². The minimum absolute atomic E-state index is 0.368. The Hall–Kier alpha value is -1.76. The quantitative estimate of drug-likeness (QED) is 0.523. The number of carbonyl (C=O) groups is 1. The van der Waals surface area contributed by atoms with Gasteiger partial charge in [0.15, 0.2) is 0 Å². The van der Waals surface area contributed by atoms with Gasteiger partial charge in [-0.05, 0) is 18.2 Å². The summed E-state index contributed by atoms with van der Waals surface area (Å²) in [5, 5.41) is 8.52. The van der Waals surface area contributed by atoms with E-state index in [0.29, 0.717) is 6.07 Å². The van der Waals surface area contributed by atoms with Gasteiger partial charge < -0.3 is 10.5 Å². The van der Waals surface area contributed by atoms with E-state index in [1.807, 2.05) is 5.43 Å². The third kappa shape index (κ3) is 2.38. The van der Waals surface area contributed by atoms with Crippen LogP contribution in [0.25, 0.3) is 0 Å². The molecule has 0 aliphatic carbocycles. The minimum Gasteiger partial charge on any atom is -0.478 e. The summed E-state index contributed by atoms with van der Waals surface area (Å²) in [6, 6.07) is 2.52. The number of aromatic carboxylic acids is 1. The number of rotatable bonds is 2. The van der Waals surface area contributed by atoms with E-state index in [4.69, 9.17) is 10.9 Å². The second-order valence-corrected chi connectivity index (χ2v) is 2.71. The summed E-state index contributed by atoms with van der Waals surface area (Å²) >= 11 is 0. The SMILES string of the molecule is NNc1ccc(C(=O)O)cc1C(F)(F)F. The smallest absolute Gasteiger partial charge is 0.418 e. The van der Waals surface area contributed by atoms with Crippen LogP contribution in [0.5, 0.6) is 0 Å². The van der Waals surface area contributed by atoms with Crippen molar-refractivity contribution in [1.29, 1.82) is 0 Å². The standard InChI is InChI=1S/C8H7F3N2O2/c9-8(10,11)5-3-4(7(14)15)1-2-6(5)13-12/h1-3,13H,12H2,(H,14,15). The van der Waals surface area contributed by atoms with Crippen molar-refractivity contribution in [3.8, 4) is 0 Å². The number of anilines is 1. The van der Waals surface area contributed by atoms with Crippen molar-refractivity contribution in [2.24, 2.45) is 5.84 Å². The first-order chi connectivity index (χ1) is 6.86. The molecule has 0 saturated heterocycles. The zero-order chi connectivity index (χ0) is 11.6. The lowest BCUT2D eigenvalue weighted by Crippen LogP contribution is -2.15. The van der Waals surface area contributed by atoms with Gasteiger partial charge in [-0.25, -0.2) is 4.79 Å². The number of hydrazine groups is 1. The Kier molecular flexibility index (Phi) is 2.85. The van der Waals surface area contributed by atoms with Crippen LogP contribution in [0.4, 0.5) is 18.9 Å². The predicted molar refractivity (Wildman–Crippen MR) is 46.2 cm³/mol. The largest absolute Gasteiger partial charge is 0.478 e. The fraction of sp³-hybridized carbons (Fsp3) is 0.125. The van der Waals surface area contributed by atoms with Gasteiger partial charge in [0.25, 0.3) is 0 Å². The van der Waals surface area contributed by atoms with Gasteiger partial charge in [-0.15, -0.1) is 0 Å². The first-order valence-electron chi connectivity index (χ1n) is 3.77. The minimum atomic E-state index is -4.65. The van der Waals surface area contributed by atoms with Crippen LogP contribution < -0.4 is 11.3 Å². The number of alkyl halides is 3. The van der Waals surface area contributed by atoms with Gasteiger partial charge in [-0.1, -0.05) is 0 Å². The summed E-state index contributed by atoms with van der Waals surface area (Å²) < 4.78 is 37.2. The van der Waals surface area contributed by atoms with Crippen molar-refractivity contribution in [3.05, 3.63) is 29.3 Å². The molecule has 7 heteroatoms. The molecular weight excluding hydrogens is 213 g/mol. The normalized spacial score (nSPS) is 11.2. The Morgan fingerprint density at radius 1 is 1.40 bits per heavy atom.